The fourth-order valence-corrected chi connectivity index (χ4v) is 4.19. The molecule has 1 aliphatic rings. The maximum atomic E-state index is 4.55. The van der Waals surface area contributed by atoms with Crippen molar-refractivity contribution in [1.29, 1.82) is 0 Å². The van der Waals surface area contributed by atoms with Gasteiger partial charge >= 0.3 is 0 Å². The summed E-state index contributed by atoms with van der Waals surface area (Å²) in [5.74, 6) is 1.86. The second-order valence-corrected chi connectivity index (χ2v) is 7.45. The number of nitrogens with zero attached hydrogens (tertiary/aromatic N) is 1. The molecule has 21 heavy (non-hydrogen) atoms. The van der Waals surface area contributed by atoms with Crippen molar-refractivity contribution in [3.05, 3.63) is 29.3 Å². The van der Waals surface area contributed by atoms with Crippen LogP contribution >= 0.6 is 11.3 Å². The van der Waals surface area contributed by atoms with Crippen LogP contribution in [0.2, 0.25) is 0 Å². The number of pyridine rings is 1. The molecule has 3 rings (SSSR count). The van der Waals surface area contributed by atoms with Gasteiger partial charge in [0.2, 0.25) is 0 Å². The molecule has 0 spiro atoms. The Morgan fingerprint density at radius 3 is 2.81 bits per heavy atom. The van der Waals surface area contributed by atoms with Crippen LogP contribution in [0.15, 0.2) is 23.7 Å². The molecule has 0 amide bonds. The van der Waals surface area contributed by atoms with E-state index in [9.17, 15) is 0 Å². The van der Waals surface area contributed by atoms with Crippen LogP contribution in [0.25, 0.3) is 10.2 Å². The smallest absolute Gasteiger partial charge is 0.0809 e. The minimum absolute atomic E-state index is 0.396. The molecule has 0 aliphatic heterocycles. The van der Waals surface area contributed by atoms with Crippen molar-refractivity contribution >= 4 is 21.6 Å². The van der Waals surface area contributed by atoms with E-state index in [4.69, 9.17) is 0 Å². The monoisotopic (exact) mass is 302 g/mol. The Hall–Kier alpha value is -0.930. The number of thiophene rings is 1. The number of aromatic nitrogens is 1. The highest BCUT2D eigenvalue weighted by atomic mass is 32.1. The van der Waals surface area contributed by atoms with Crippen molar-refractivity contribution in [2.75, 3.05) is 6.54 Å². The summed E-state index contributed by atoms with van der Waals surface area (Å²) in [6, 6.07) is 4.78. The van der Waals surface area contributed by atoms with E-state index in [1.54, 1.807) is 11.3 Å². The van der Waals surface area contributed by atoms with Gasteiger partial charge in [-0.25, -0.2) is 0 Å². The molecule has 2 aromatic rings. The van der Waals surface area contributed by atoms with Gasteiger partial charge < -0.3 is 5.32 Å². The second kappa shape index (κ2) is 6.89. The number of fused-ring (bicyclic) bond motifs is 1. The van der Waals surface area contributed by atoms with Crippen molar-refractivity contribution in [3.63, 3.8) is 0 Å². The van der Waals surface area contributed by atoms with Crippen LogP contribution < -0.4 is 5.32 Å². The Labute approximate surface area is 132 Å². The first kappa shape index (κ1) is 15.0. The van der Waals surface area contributed by atoms with Gasteiger partial charge in [-0.05, 0) is 61.2 Å². The van der Waals surface area contributed by atoms with Crippen LogP contribution in [0.3, 0.4) is 0 Å². The normalized spacial score (nSPS) is 24.3. The van der Waals surface area contributed by atoms with Gasteiger partial charge in [-0.1, -0.05) is 26.2 Å². The molecule has 2 heterocycles. The molecule has 2 nitrogen and oxygen atoms in total. The van der Waals surface area contributed by atoms with Crippen LogP contribution in [0, 0.1) is 11.8 Å². The molecule has 0 radical (unpaired) electrons. The maximum absolute atomic E-state index is 4.55. The largest absolute Gasteiger partial charge is 0.310 e. The third kappa shape index (κ3) is 3.64. The molecular weight excluding hydrogens is 276 g/mol. The summed E-state index contributed by atoms with van der Waals surface area (Å²) in [4.78, 5) is 4.55. The first-order valence-electron chi connectivity index (χ1n) is 8.32. The van der Waals surface area contributed by atoms with Gasteiger partial charge in [0.1, 0.15) is 0 Å². The Bertz CT molecular complexity index is 569. The molecule has 1 saturated carbocycles. The van der Waals surface area contributed by atoms with Crippen molar-refractivity contribution in [1.82, 2.24) is 10.3 Å². The Balaban J connectivity index is 1.53. The number of nitrogens with one attached hydrogen (secondary N) is 1. The average Bonchev–Trinajstić information content (AvgIpc) is 3.00. The topological polar surface area (TPSA) is 24.9 Å². The molecule has 0 bridgehead atoms. The van der Waals surface area contributed by atoms with Gasteiger partial charge in [0.05, 0.1) is 10.2 Å². The van der Waals surface area contributed by atoms with Gasteiger partial charge in [0.25, 0.3) is 0 Å². The summed E-state index contributed by atoms with van der Waals surface area (Å²) in [7, 11) is 0. The summed E-state index contributed by atoms with van der Waals surface area (Å²) in [6.45, 7) is 5.74. The SMILES string of the molecule is CCC1CCC(CNC(C)c2cnc3ccsc3c2)CC1. The molecule has 1 atom stereocenters. The highest BCUT2D eigenvalue weighted by molar-refractivity contribution is 7.17. The van der Waals surface area contributed by atoms with Gasteiger partial charge in [-0.3, -0.25) is 4.98 Å². The van der Waals surface area contributed by atoms with Crippen LogP contribution in [0.1, 0.15) is 57.6 Å². The van der Waals surface area contributed by atoms with E-state index in [0.717, 1.165) is 23.9 Å². The fraction of sp³-hybridized carbons (Fsp3) is 0.611. The predicted octanol–water partition coefficient (Wildman–Crippen LogP) is 5.16. The first-order valence-corrected chi connectivity index (χ1v) is 9.20. The van der Waals surface area contributed by atoms with Crippen molar-refractivity contribution < 1.29 is 0 Å². The summed E-state index contributed by atoms with van der Waals surface area (Å²) < 4.78 is 1.30. The molecule has 1 N–H and O–H groups in total. The van der Waals surface area contributed by atoms with Gasteiger partial charge in [-0.2, -0.15) is 0 Å². The molecule has 0 saturated heterocycles. The van der Waals surface area contributed by atoms with Gasteiger partial charge in [-0.15, -0.1) is 11.3 Å². The Morgan fingerprint density at radius 2 is 2.05 bits per heavy atom. The lowest BCUT2D eigenvalue weighted by atomic mass is 9.81. The summed E-state index contributed by atoms with van der Waals surface area (Å²) in [5, 5.41) is 5.84. The van der Waals surface area contributed by atoms with E-state index in [1.807, 2.05) is 6.20 Å². The highest BCUT2D eigenvalue weighted by Crippen LogP contribution is 2.30. The van der Waals surface area contributed by atoms with Crippen molar-refractivity contribution in [2.45, 2.75) is 52.0 Å². The van der Waals surface area contributed by atoms with Gasteiger partial charge in [0, 0.05) is 12.2 Å². The third-order valence-corrected chi connectivity index (χ3v) is 5.93. The molecular formula is C18H26N2S. The van der Waals surface area contributed by atoms with E-state index < -0.39 is 0 Å². The number of hydrogen-bond donors (Lipinski definition) is 1. The zero-order valence-corrected chi connectivity index (χ0v) is 14.0. The summed E-state index contributed by atoms with van der Waals surface area (Å²) in [5.41, 5.74) is 2.43. The van der Waals surface area contributed by atoms with Crippen molar-refractivity contribution in [3.8, 4) is 0 Å². The summed E-state index contributed by atoms with van der Waals surface area (Å²) in [6.07, 6.45) is 9.06. The maximum Gasteiger partial charge on any atom is 0.0809 e. The van der Waals surface area contributed by atoms with Gasteiger partial charge in [0.15, 0.2) is 0 Å². The quantitative estimate of drug-likeness (QED) is 0.825. The molecule has 3 heteroatoms. The van der Waals surface area contributed by atoms with E-state index >= 15 is 0 Å². The predicted molar refractivity (Wildman–Crippen MR) is 91.8 cm³/mol. The lowest BCUT2D eigenvalue weighted by Gasteiger charge is -2.29. The van der Waals surface area contributed by atoms with E-state index in [0.29, 0.717) is 6.04 Å². The standard InChI is InChI=1S/C18H26N2S/c1-3-14-4-6-15(7-5-14)11-19-13(2)16-10-18-17(20-12-16)8-9-21-18/h8-10,12-15,19H,3-7,11H2,1-2H3. The van der Waals surface area contributed by atoms with E-state index in [2.05, 4.69) is 41.7 Å². The molecule has 0 aromatic carbocycles. The second-order valence-electron chi connectivity index (χ2n) is 6.50. The molecule has 1 aliphatic carbocycles. The van der Waals surface area contributed by atoms with Crippen molar-refractivity contribution in [2.24, 2.45) is 11.8 Å². The molecule has 2 aromatic heterocycles. The van der Waals surface area contributed by atoms with E-state index in [-0.39, 0.29) is 0 Å². The Morgan fingerprint density at radius 1 is 1.29 bits per heavy atom. The first-order chi connectivity index (χ1) is 10.3. The van der Waals surface area contributed by atoms with E-state index in [1.165, 1.54) is 42.4 Å². The lowest BCUT2D eigenvalue weighted by Crippen LogP contribution is -2.28. The van der Waals surface area contributed by atoms with Crippen LogP contribution in [-0.2, 0) is 0 Å². The van der Waals surface area contributed by atoms with Crippen LogP contribution in [0.4, 0.5) is 0 Å². The lowest BCUT2D eigenvalue weighted by molar-refractivity contribution is 0.258. The van der Waals surface area contributed by atoms with Crippen LogP contribution in [0.5, 0.6) is 0 Å². The third-order valence-electron chi connectivity index (χ3n) is 5.08. The Kier molecular flexibility index (Phi) is 4.91. The average molecular weight is 302 g/mol. The minimum atomic E-state index is 0.396. The zero-order chi connectivity index (χ0) is 14.7. The highest BCUT2D eigenvalue weighted by Gasteiger charge is 2.20. The molecule has 1 fully saturated rings. The van der Waals surface area contributed by atoms with Crippen LogP contribution in [-0.4, -0.2) is 11.5 Å². The fourth-order valence-electron chi connectivity index (χ4n) is 3.40. The number of rotatable bonds is 5. The minimum Gasteiger partial charge on any atom is -0.310 e. The molecule has 114 valence electrons. The number of hydrogen-bond acceptors (Lipinski definition) is 3. The molecule has 1 unspecified atom stereocenters. The zero-order valence-electron chi connectivity index (χ0n) is 13.1. The summed E-state index contributed by atoms with van der Waals surface area (Å²) >= 11 is 1.78.